The van der Waals surface area contributed by atoms with Crippen molar-refractivity contribution in [3.8, 4) is 89.0 Å². The average Bonchev–Trinajstić information content (AvgIpc) is 1.54. The number of benzene rings is 21. The van der Waals surface area contributed by atoms with Crippen molar-refractivity contribution in [2.75, 3.05) is 9.80 Å². The monoisotopic (exact) mass is 1630 g/mol. The van der Waals surface area contributed by atoms with Crippen LogP contribution in [0.1, 0.15) is 44.5 Å². The molecule has 0 saturated heterocycles. The molecule has 2 aromatic heterocycles. The molecule has 0 atom stereocenters. The Morgan fingerprint density at radius 1 is 0.164 bits per heavy atom. The summed E-state index contributed by atoms with van der Waals surface area (Å²) in [5.74, 6) is 0. The van der Waals surface area contributed by atoms with Crippen LogP contribution in [-0.4, -0.2) is 0 Å². The zero-order valence-corrected chi connectivity index (χ0v) is 69.9. The molecule has 598 valence electrons. The van der Waals surface area contributed by atoms with Gasteiger partial charge < -0.3 is 18.6 Å². The summed E-state index contributed by atoms with van der Waals surface area (Å²) < 4.78 is 14.3. The number of hydrogen-bond donors (Lipinski definition) is 0. The maximum Gasteiger partial charge on any atom is 0.143 e. The lowest BCUT2D eigenvalue weighted by Crippen LogP contribution is -2.28. The van der Waals surface area contributed by atoms with E-state index in [-0.39, 0.29) is 0 Å². The first kappa shape index (κ1) is 74.0. The molecule has 0 amide bonds. The van der Waals surface area contributed by atoms with Crippen molar-refractivity contribution in [1.29, 1.82) is 0 Å². The van der Waals surface area contributed by atoms with Crippen LogP contribution in [0.25, 0.3) is 154 Å². The number of hydrogen-bond acceptors (Lipinski definition) is 4. The van der Waals surface area contributed by atoms with Crippen LogP contribution in [0.4, 0.5) is 34.1 Å². The van der Waals surface area contributed by atoms with Gasteiger partial charge in [-0.1, -0.05) is 400 Å². The molecule has 2 aliphatic rings. The molecule has 0 bridgehead atoms. The Hall–Kier alpha value is -16.7. The van der Waals surface area contributed by atoms with Gasteiger partial charge in [-0.15, -0.1) is 0 Å². The van der Waals surface area contributed by atoms with Gasteiger partial charge >= 0.3 is 0 Å². The lowest BCUT2D eigenvalue weighted by Gasteiger charge is -2.35. The highest BCUT2D eigenvalue weighted by Gasteiger charge is 2.48. The third-order valence-corrected chi connectivity index (χ3v) is 27.2. The van der Waals surface area contributed by atoms with E-state index in [0.29, 0.717) is 0 Å². The maximum absolute atomic E-state index is 7.48. The molecule has 0 N–H and O–H groups in total. The van der Waals surface area contributed by atoms with Crippen LogP contribution in [0.2, 0.25) is 0 Å². The van der Waals surface area contributed by atoms with Crippen LogP contribution in [-0.2, 0) is 10.8 Å². The Labute approximate surface area is 742 Å². The van der Waals surface area contributed by atoms with Crippen molar-refractivity contribution in [3.05, 3.63) is 530 Å². The molecule has 21 aromatic carbocycles. The van der Waals surface area contributed by atoms with Crippen molar-refractivity contribution in [1.82, 2.24) is 0 Å². The van der Waals surface area contributed by atoms with Gasteiger partial charge in [0.15, 0.2) is 0 Å². The SMILES string of the molecule is c1ccc(C2(c3ccccc3)c3ccccc3-c3ccc(N(c4ccc(-c5ccc(-c6ccc7ccc(-c8cccc9c8oc8c(-c%10ccccc%10N(c%10ccc(-c%11ccc%12ccccc%12c%11)cc%10)c%10ccc%11c(c%10)C(c%10ccccc%10)(c%10ccccc%10)c%10ccccc%10-%11)cccc89)cc7c6)cc5)cc4)c4ccccc4-c4cccc5c4oc4ccccc45)cc32)cc1. The van der Waals surface area contributed by atoms with Gasteiger partial charge in [0.2, 0.25) is 0 Å². The number of anilines is 6. The normalized spacial score (nSPS) is 12.8. The van der Waals surface area contributed by atoms with Crippen LogP contribution in [0, 0.1) is 0 Å². The molecule has 0 radical (unpaired) electrons. The van der Waals surface area contributed by atoms with Gasteiger partial charge in [0.25, 0.3) is 0 Å². The number of rotatable bonds is 16. The first-order chi connectivity index (χ1) is 63.5. The predicted molar refractivity (Wildman–Crippen MR) is 533 cm³/mol. The van der Waals surface area contributed by atoms with Gasteiger partial charge in [-0.05, 0) is 212 Å². The summed E-state index contributed by atoms with van der Waals surface area (Å²) in [7, 11) is 0. The van der Waals surface area contributed by atoms with Crippen LogP contribution < -0.4 is 9.80 Å². The Kier molecular flexibility index (Phi) is 17.4. The average molecular weight is 1630 g/mol. The fourth-order valence-electron chi connectivity index (χ4n) is 21.4. The van der Waals surface area contributed by atoms with E-state index in [1.807, 2.05) is 6.07 Å². The third kappa shape index (κ3) is 11.8. The minimum Gasteiger partial charge on any atom is -0.455 e. The van der Waals surface area contributed by atoms with E-state index >= 15 is 0 Å². The highest BCUT2D eigenvalue weighted by molar-refractivity contribution is 6.15. The van der Waals surface area contributed by atoms with Gasteiger partial charge in [-0.25, -0.2) is 0 Å². The zero-order valence-electron chi connectivity index (χ0n) is 69.9. The second kappa shape index (κ2) is 30.1. The molecule has 23 aromatic rings. The molecule has 2 aliphatic carbocycles. The highest BCUT2D eigenvalue weighted by Crippen LogP contribution is 2.61. The molecule has 2 heterocycles. The molecular weight excluding hydrogens is 1550 g/mol. The van der Waals surface area contributed by atoms with Crippen LogP contribution in [0.3, 0.4) is 0 Å². The van der Waals surface area contributed by atoms with Crippen molar-refractivity contribution in [3.63, 3.8) is 0 Å². The van der Waals surface area contributed by atoms with Gasteiger partial charge in [0.05, 0.1) is 22.2 Å². The predicted octanol–water partition coefficient (Wildman–Crippen LogP) is 33.5. The second-order valence-electron chi connectivity index (χ2n) is 34.0. The van der Waals surface area contributed by atoms with Gasteiger partial charge in [0.1, 0.15) is 22.3 Å². The van der Waals surface area contributed by atoms with Crippen molar-refractivity contribution >= 4 is 99.5 Å². The first-order valence-corrected chi connectivity index (χ1v) is 44.2. The van der Waals surface area contributed by atoms with E-state index in [9.17, 15) is 0 Å². The standard InChI is InChI=1S/C124H80N2O2/c1-5-30-92(31-6-1)123(93-32-7-2-8-33-93)113-49-20-15-38-101(113)103-74-72-98(79-115(103)123)125(117-51-22-17-40-105(117)108-44-26-46-110-107-42-19-24-53-119(107)127-121(108)110)96-68-64-83(65-69-96)82-54-56-84(57-55-82)89-62-59-86-60-63-90(78-91(86)77-89)100-43-25-47-111-112-48-27-45-109(122(112)128-120(100)111)106-41-18-23-52-118(106)126(97-70-66-85(67-71-97)88-61-58-81-28-13-14-29-87(81)76-88)99-73-75-104-102-39-16-21-50-114(102)124(116(104)80-99,94-34-9-3-10-35-94)95-36-11-4-12-37-95/h1-80H. The Balaban J connectivity index is 0.563. The fourth-order valence-corrected chi connectivity index (χ4v) is 21.4. The topological polar surface area (TPSA) is 32.8 Å². The summed E-state index contributed by atoms with van der Waals surface area (Å²) in [5.41, 5.74) is 36.4. The van der Waals surface area contributed by atoms with E-state index in [2.05, 4.69) is 489 Å². The quantitative estimate of drug-likeness (QED) is 0.0965. The summed E-state index contributed by atoms with van der Waals surface area (Å²) in [6.07, 6.45) is 0. The van der Waals surface area contributed by atoms with E-state index in [4.69, 9.17) is 8.83 Å². The minimum absolute atomic E-state index is 0.595. The van der Waals surface area contributed by atoms with E-state index in [1.165, 1.54) is 83.1 Å². The Morgan fingerprint density at radius 2 is 0.477 bits per heavy atom. The van der Waals surface area contributed by atoms with E-state index in [0.717, 1.165) is 150 Å². The van der Waals surface area contributed by atoms with Gasteiger partial charge in [0, 0.05) is 72.1 Å². The molecule has 0 unspecified atom stereocenters. The summed E-state index contributed by atoms with van der Waals surface area (Å²) in [5, 5.41) is 9.06. The van der Waals surface area contributed by atoms with Crippen molar-refractivity contribution in [2.24, 2.45) is 0 Å². The number of nitrogens with zero attached hydrogens (tertiary/aromatic N) is 2. The van der Waals surface area contributed by atoms with Crippen LogP contribution in [0.15, 0.2) is 494 Å². The fraction of sp³-hybridized carbons (Fsp3) is 0.0161. The van der Waals surface area contributed by atoms with E-state index in [1.54, 1.807) is 0 Å². The lowest BCUT2D eigenvalue weighted by molar-refractivity contribution is 0.670. The summed E-state index contributed by atoms with van der Waals surface area (Å²) in [6, 6.07) is 179. The molecule has 128 heavy (non-hydrogen) atoms. The van der Waals surface area contributed by atoms with E-state index < -0.39 is 10.8 Å². The Bertz CT molecular complexity index is 8220. The molecule has 0 spiro atoms. The summed E-state index contributed by atoms with van der Waals surface area (Å²) in [6.45, 7) is 0. The zero-order chi connectivity index (χ0) is 84.4. The maximum atomic E-state index is 7.48. The Morgan fingerprint density at radius 3 is 0.969 bits per heavy atom. The number of fused-ring (bicyclic) bond motifs is 14. The summed E-state index contributed by atoms with van der Waals surface area (Å²) >= 11 is 0. The highest BCUT2D eigenvalue weighted by atomic mass is 16.3. The van der Waals surface area contributed by atoms with Crippen molar-refractivity contribution < 1.29 is 8.83 Å². The summed E-state index contributed by atoms with van der Waals surface area (Å²) in [4.78, 5) is 4.91. The molecule has 25 rings (SSSR count). The minimum atomic E-state index is -0.605. The molecule has 0 saturated carbocycles. The number of furan rings is 2. The smallest absolute Gasteiger partial charge is 0.143 e. The molecule has 4 nitrogen and oxygen atoms in total. The van der Waals surface area contributed by atoms with Gasteiger partial charge in [-0.2, -0.15) is 0 Å². The lowest BCUT2D eigenvalue weighted by atomic mass is 9.67. The van der Waals surface area contributed by atoms with Crippen LogP contribution >= 0.6 is 0 Å². The third-order valence-electron chi connectivity index (χ3n) is 27.2. The number of para-hydroxylation sites is 6. The first-order valence-electron chi connectivity index (χ1n) is 44.2. The van der Waals surface area contributed by atoms with Gasteiger partial charge in [-0.3, -0.25) is 0 Å². The molecule has 0 aliphatic heterocycles. The second-order valence-corrected chi connectivity index (χ2v) is 34.0. The largest absolute Gasteiger partial charge is 0.455 e. The molecule has 4 heteroatoms. The molecular formula is C124H80N2O2. The molecule has 0 fully saturated rings. The van der Waals surface area contributed by atoms with Crippen LogP contribution in [0.5, 0.6) is 0 Å². The van der Waals surface area contributed by atoms with Crippen molar-refractivity contribution in [2.45, 2.75) is 10.8 Å².